The highest BCUT2D eigenvalue weighted by molar-refractivity contribution is 6.08. The SMILES string of the molecule is CCc1cc(-c2cccc(-c3nc4ccccc4n3-c3ccccc3)c2)c2ccc3ccc(C)nc3c2n1. The van der Waals surface area contributed by atoms with Crippen LogP contribution in [0.25, 0.3) is 61.0 Å². The second-order valence-corrected chi connectivity index (χ2v) is 9.68. The van der Waals surface area contributed by atoms with Crippen LogP contribution in [0.5, 0.6) is 0 Å². The van der Waals surface area contributed by atoms with Crippen molar-refractivity contribution in [1.29, 1.82) is 0 Å². The fourth-order valence-corrected chi connectivity index (χ4v) is 5.33. The Balaban J connectivity index is 1.47. The largest absolute Gasteiger partial charge is 0.292 e. The molecular weight excluding hydrogens is 464 g/mol. The molecule has 0 amide bonds. The predicted molar refractivity (Wildman–Crippen MR) is 157 cm³/mol. The van der Waals surface area contributed by atoms with Crippen molar-refractivity contribution < 1.29 is 0 Å². The standard InChI is InChI=1S/C34H26N4/c1-3-26-21-29(28-19-18-23-17-16-22(2)35-32(23)33(28)36-26)24-10-9-11-25(20-24)34-37-30-14-7-8-15-31(30)38(34)27-12-5-4-6-13-27/h4-21H,3H2,1-2H3. The summed E-state index contributed by atoms with van der Waals surface area (Å²) in [5.41, 5.74) is 10.5. The average molecular weight is 491 g/mol. The van der Waals surface area contributed by atoms with E-state index in [1.807, 2.05) is 19.1 Å². The van der Waals surface area contributed by atoms with Crippen molar-refractivity contribution in [2.75, 3.05) is 0 Å². The van der Waals surface area contributed by atoms with Crippen LogP contribution < -0.4 is 0 Å². The van der Waals surface area contributed by atoms with Gasteiger partial charge in [0, 0.05) is 33.4 Å². The van der Waals surface area contributed by atoms with Gasteiger partial charge in [-0.05, 0) is 66.9 Å². The third-order valence-electron chi connectivity index (χ3n) is 7.20. The third kappa shape index (κ3) is 3.65. The molecule has 0 unspecified atom stereocenters. The van der Waals surface area contributed by atoms with Gasteiger partial charge in [0.1, 0.15) is 5.82 Å². The number of imidazole rings is 1. The first kappa shape index (κ1) is 22.4. The van der Waals surface area contributed by atoms with Gasteiger partial charge in [0.15, 0.2) is 0 Å². The summed E-state index contributed by atoms with van der Waals surface area (Å²) >= 11 is 0. The Morgan fingerprint density at radius 2 is 1.45 bits per heavy atom. The molecule has 0 bridgehead atoms. The summed E-state index contributed by atoms with van der Waals surface area (Å²) in [7, 11) is 0. The Morgan fingerprint density at radius 3 is 2.32 bits per heavy atom. The predicted octanol–water partition coefficient (Wildman–Crippen LogP) is 8.33. The molecule has 0 aliphatic heterocycles. The Bertz CT molecular complexity index is 1970. The van der Waals surface area contributed by atoms with Crippen LogP contribution in [0, 0.1) is 6.92 Å². The number of hydrogen-bond acceptors (Lipinski definition) is 3. The number of rotatable bonds is 4. The molecule has 182 valence electrons. The number of fused-ring (bicyclic) bond motifs is 4. The van der Waals surface area contributed by atoms with Crippen molar-refractivity contribution in [3.8, 4) is 28.2 Å². The molecule has 0 aliphatic rings. The van der Waals surface area contributed by atoms with Gasteiger partial charge in [0.25, 0.3) is 0 Å². The Morgan fingerprint density at radius 1 is 0.658 bits per heavy atom. The lowest BCUT2D eigenvalue weighted by Crippen LogP contribution is -1.98. The smallest absolute Gasteiger partial charge is 0.145 e. The van der Waals surface area contributed by atoms with Crippen molar-refractivity contribution in [2.45, 2.75) is 20.3 Å². The van der Waals surface area contributed by atoms with Gasteiger partial charge in [-0.1, -0.05) is 73.7 Å². The van der Waals surface area contributed by atoms with Crippen molar-refractivity contribution in [2.24, 2.45) is 0 Å². The van der Waals surface area contributed by atoms with Crippen LogP contribution >= 0.6 is 0 Å². The highest BCUT2D eigenvalue weighted by atomic mass is 15.1. The molecule has 3 heterocycles. The van der Waals surface area contributed by atoms with E-state index in [0.29, 0.717) is 0 Å². The number of para-hydroxylation sites is 3. The Kier molecular flexibility index (Phi) is 5.26. The number of hydrogen-bond donors (Lipinski definition) is 0. The van der Waals surface area contributed by atoms with E-state index in [1.54, 1.807) is 0 Å². The molecule has 0 saturated heterocycles. The van der Waals surface area contributed by atoms with Crippen LogP contribution in [0.1, 0.15) is 18.3 Å². The average Bonchev–Trinajstić information content (AvgIpc) is 3.37. The lowest BCUT2D eigenvalue weighted by Gasteiger charge is -2.13. The minimum atomic E-state index is 0.856. The first-order chi connectivity index (χ1) is 18.7. The highest BCUT2D eigenvalue weighted by Gasteiger charge is 2.16. The van der Waals surface area contributed by atoms with Gasteiger partial charge in [0.05, 0.1) is 22.1 Å². The van der Waals surface area contributed by atoms with E-state index in [9.17, 15) is 0 Å². The molecule has 4 nitrogen and oxygen atoms in total. The second-order valence-electron chi connectivity index (χ2n) is 9.68. The Labute approximate surface area is 221 Å². The second kappa shape index (κ2) is 8.93. The quantitative estimate of drug-likeness (QED) is 0.233. The first-order valence-electron chi connectivity index (χ1n) is 13.0. The summed E-state index contributed by atoms with van der Waals surface area (Å²) in [5, 5.41) is 2.22. The fourth-order valence-electron chi connectivity index (χ4n) is 5.33. The first-order valence-corrected chi connectivity index (χ1v) is 13.0. The zero-order valence-corrected chi connectivity index (χ0v) is 21.4. The molecule has 38 heavy (non-hydrogen) atoms. The summed E-state index contributed by atoms with van der Waals surface area (Å²) in [6, 6.07) is 38.2. The van der Waals surface area contributed by atoms with Gasteiger partial charge in [-0.15, -0.1) is 0 Å². The normalized spacial score (nSPS) is 11.5. The van der Waals surface area contributed by atoms with E-state index in [2.05, 4.69) is 109 Å². The topological polar surface area (TPSA) is 43.6 Å². The number of aryl methyl sites for hydroxylation is 2. The lowest BCUT2D eigenvalue weighted by atomic mass is 9.96. The van der Waals surface area contributed by atoms with E-state index >= 15 is 0 Å². The zero-order valence-electron chi connectivity index (χ0n) is 21.4. The molecule has 0 N–H and O–H groups in total. The minimum Gasteiger partial charge on any atom is -0.292 e. The number of aromatic nitrogens is 4. The summed E-state index contributed by atoms with van der Waals surface area (Å²) in [4.78, 5) is 15.0. The van der Waals surface area contributed by atoms with Crippen molar-refractivity contribution in [3.63, 3.8) is 0 Å². The summed E-state index contributed by atoms with van der Waals surface area (Å²) in [6.45, 7) is 4.19. The van der Waals surface area contributed by atoms with Crippen LogP contribution in [0.2, 0.25) is 0 Å². The van der Waals surface area contributed by atoms with E-state index in [0.717, 1.165) is 73.3 Å². The van der Waals surface area contributed by atoms with Crippen molar-refractivity contribution in [1.82, 2.24) is 19.5 Å². The maximum absolute atomic E-state index is 5.08. The van der Waals surface area contributed by atoms with E-state index in [4.69, 9.17) is 15.0 Å². The molecule has 0 spiro atoms. The van der Waals surface area contributed by atoms with Crippen LogP contribution in [0.3, 0.4) is 0 Å². The van der Waals surface area contributed by atoms with Gasteiger partial charge < -0.3 is 0 Å². The maximum Gasteiger partial charge on any atom is 0.145 e. The summed E-state index contributed by atoms with van der Waals surface area (Å²) in [6.07, 6.45) is 0.856. The van der Waals surface area contributed by atoms with Crippen LogP contribution in [-0.4, -0.2) is 19.5 Å². The molecule has 0 radical (unpaired) electrons. The minimum absolute atomic E-state index is 0.856. The van der Waals surface area contributed by atoms with E-state index < -0.39 is 0 Å². The monoisotopic (exact) mass is 490 g/mol. The summed E-state index contributed by atoms with van der Waals surface area (Å²) in [5.74, 6) is 0.927. The molecule has 0 fully saturated rings. The molecule has 4 aromatic carbocycles. The number of nitrogens with zero attached hydrogens (tertiary/aromatic N) is 4. The van der Waals surface area contributed by atoms with Gasteiger partial charge >= 0.3 is 0 Å². The number of benzene rings is 4. The molecule has 7 aromatic rings. The molecule has 4 heteroatoms. The molecule has 7 rings (SSSR count). The van der Waals surface area contributed by atoms with Crippen LogP contribution in [0.4, 0.5) is 0 Å². The highest BCUT2D eigenvalue weighted by Crippen LogP contribution is 2.35. The van der Waals surface area contributed by atoms with E-state index in [1.165, 1.54) is 5.56 Å². The van der Waals surface area contributed by atoms with Gasteiger partial charge in [-0.25, -0.2) is 4.98 Å². The maximum atomic E-state index is 5.08. The molecule has 0 atom stereocenters. The lowest BCUT2D eigenvalue weighted by molar-refractivity contribution is 1.06. The number of pyridine rings is 2. The van der Waals surface area contributed by atoms with Crippen molar-refractivity contribution >= 4 is 32.8 Å². The van der Waals surface area contributed by atoms with Gasteiger partial charge in [0.2, 0.25) is 0 Å². The summed E-state index contributed by atoms with van der Waals surface area (Å²) < 4.78 is 2.25. The fraction of sp³-hybridized carbons (Fsp3) is 0.0882. The molecular formula is C34H26N4. The zero-order chi connectivity index (χ0) is 25.6. The third-order valence-corrected chi connectivity index (χ3v) is 7.20. The van der Waals surface area contributed by atoms with Gasteiger partial charge in [-0.3, -0.25) is 14.5 Å². The van der Waals surface area contributed by atoms with Crippen molar-refractivity contribution in [3.05, 3.63) is 121 Å². The van der Waals surface area contributed by atoms with E-state index in [-0.39, 0.29) is 0 Å². The Hall–Kier alpha value is -4.83. The molecule has 0 aliphatic carbocycles. The van der Waals surface area contributed by atoms with Crippen LogP contribution in [-0.2, 0) is 6.42 Å². The van der Waals surface area contributed by atoms with Crippen LogP contribution in [0.15, 0.2) is 109 Å². The molecule has 3 aromatic heterocycles. The molecule has 0 saturated carbocycles. The van der Waals surface area contributed by atoms with Gasteiger partial charge in [-0.2, -0.15) is 0 Å².